The average Bonchev–Trinajstić information content (AvgIpc) is 2.78. The van der Waals surface area contributed by atoms with E-state index in [0.29, 0.717) is 12.3 Å². The van der Waals surface area contributed by atoms with Gasteiger partial charge < -0.3 is 10.1 Å². The van der Waals surface area contributed by atoms with Crippen molar-refractivity contribution in [3.8, 4) is 5.75 Å². The monoisotopic (exact) mass is 466 g/mol. The van der Waals surface area contributed by atoms with Crippen LogP contribution in [0.3, 0.4) is 0 Å². The summed E-state index contributed by atoms with van der Waals surface area (Å²) >= 11 is 3.60. The zero-order valence-corrected chi connectivity index (χ0v) is 18.7. The van der Waals surface area contributed by atoms with Gasteiger partial charge in [0.1, 0.15) is 5.75 Å². The molecule has 1 heterocycles. The van der Waals surface area contributed by atoms with Gasteiger partial charge in [-0.15, -0.1) is 0 Å². The number of carbonyl (C=O) groups is 1. The average molecular weight is 467 g/mol. The number of piperidine rings is 1. The summed E-state index contributed by atoms with van der Waals surface area (Å²) < 4.78 is 6.63. The summed E-state index contributed by atoms with van der Waals surface area (Å²) in [6, 6.07) is 20.5. The predicted molar refractivity (Wildman–Crippen MR) is 125 cm³/mol. The number of nitrogens with one attached hydrogen (secondary N) is 1. The van der Waals surface area contributed by atoms with E-state index >= 15 is 0 Å². The van der Waals surface area contributed by atoms with Crippen molar-refractivity contribution in [3.05, 3.63) is 76.3 Å². The van der Waals surface area contributed by atoms with Crippen molar-refractivity contribution >= 4 is 32.6 Å². The molecule has 1 aliphatic rings. The first-order valence-electron chi connectivity index (χ1n) is 10.6. The van der Waals surface area contributed by atoms with Crippen LogP contribution < -0.4 is 10.1 Å². The number of rotatable bonds is 7. The third-order valence-corrected chi connectivity index (χ3v) is 6.34. The number of fused-ring (bicyclic) bond motifs is 1. The van der Waals surface area contributed by atoms with Gasteiger partial charge in [-0.25, -0.2) is 0 Å². The van der Waals surface area contributed by atoms with E-state index in [0.717, 1.165) is 27.4 Å². The quantitative estimate of drug-likeness (QED) is 0.514. The van der Waals surface area contributed by atoms with Gasteiger partial charge in [-0.3, -0.25) is 9.69 Å². The highest BCUT2D eigenvalue weighted by atomic mass is 79.9. The summed E-state index contributed by atoms with van der Waals surface area (Å²) in [5, 5.41) is 5.16. The highest BCUT2D eigenvalue weighted by Crippen LogP contribution is 2.32. The fourth-order valence-electron chi connectivity index (χ4n) is 3.93. The first kappa shape index (κ1) is 20.9. The Morgan fingerprint density at radius 1 is 0.967 bits per heavy atom. The van der Waals surface area contributed by atoms with Crippen LogP contribution in [0.5, 0.6) is 5.75 Å². The third-order valence-electron chi connectivity index (χ3n) is 5.52. The van der Waals surface area contributed by atoms with Gasteiger partial charge >= 0.3 is 0 Å². The van der Waals surface area contributed by atoms with Gasteiger partial charge in [-0.1, -0.05) is 61.0 Å². The first-order chi connectivity index (χ1) is 14.7. The number of nitrogens with zero attached hydrogens (tertiary/aromatic N) is 1. The number of benzene rings is 3. The van der Waals surface area contributed by atoms with Crippen molar-refractivity contribution in [2.75, 3.05) is 19.7 Å². The maximum absolute atomic E-state index is 12.3. The fraction of sp³-hybridized carbons (Fsp3) is 0.320. The first-order valence-corrected chi connectivity index (χ1v) is 11.4. The van der Waals surface area contributed by atoms with E-state index in [1.165, 1.54) is 37.9 Å². The van der Waals surface area contributed by atoms with Crippen LogP contribution in [-0.2, 0) is 17.9 Å². The van der Waals surface area contributed by atoms with E-state index in [1.54, 1.807) is 0 Å². The molecule has 1 saturated heterocycles. The zero-order chi connectivity index (χ0) is 20.8. The molecule has 0 saturated carbocycles. The molecular weight excluding hydrogens is 440 g/mol. The van der Waals surface area contributed by atoms with E-state index < -0.39 is 0 Å². The Labute approximate surface area is 186 Å². The van der Waals surface area contributed by atoms with Crippen LogP contribution in [0.1, 0.15) is 30.4 Å². The topological polar surface area (TPSA) is 41.6 Å². The SMILES string of the molecule is O=C(COc1ccc2ccccc2c1Br)NCc1cccc(CN2CCCCC2)c1. The molecule has 4 rings (SSSR count). The fourth-order valence-corrected chi connectivity index (χ4v) is 4.54. The second kappa shape index (κ2) is 10.1. The summed E-state index contributed by atoms with van der Waals surface area (Å²) in [7, 11) is 0. The Bertz CT molecular complexity index is 1010. The van der Waals surface area contributed by atoms with Gasteiger partial charge in [0.2, 0.25) is 0 Å². The molecule has 3 aromatic carbocycles. The summed E-state index contributed by atoms with van der Waals surface area (Å²) in [6.45, 7) is 3.85. The molecule has 4 nitrogen and oxygen atoms in total. The lowest BCUT2D eigenvalue weighted by molar-refractivity contribution is -0.123. The van der Waals surface area contributed by atoms with E-state index in [9.17, 15) is 4.79 Å². The Kier molecular flexibility index (Phi) is 7.03. The number of likely N-dealkylation sites (tertiary alicyclic amines) is 1. The molecule has 30 heavy (non-hydrogen) atoms. The minimum absolute atomic E-state index is 0.00952. The summed E-state index contributed by atoms with van der Waals surface area (Å²) in [4.78, 5) is 14.8. The van der Waals surface area contributed by atoms with E-state index in [2.05, 4.69) is 56.5 Å². The van der Waals surface area contributed by atoms with Gasteiger partial charge in [0.15, 0.2) is 6.61 Å². The van der Waals surface area contributed by atoms with Crippen LogP contribution in [0, 0.1) is 0 Å². The largest absolute Gasteiger partial charge is 0.483 e. The van der Waals surface area contributed by atoms with Crippen LogP contribution in [-0.4, -0.2) is 30.5 Å². The second-order valence-electron chi connectivity index (χ2n) is 7.82. The van der Waals surface area contributed by atoms with Crippen molar-refractivity contribution in [2.45, 2.75) is 32.4 Å². The number of hydrogen-bond acceptors (Lipinski definition) is 3. The Morgan fingerprint density at radius 2 is 1.77 bits per heavy atom. The Hall–Kier alpha value is -2.37. The molecule has 1 N–H and O–H groups in total. The molecule has 1 amide bonds. The van der Waals surface area contributed by atoms with Crippen molar-refractivity contribution in [2.24, 2.45) is 0 Å². The van der Waals surface area contributed by atoms with E-state index in [1.807, 2.05) is 30.3 Å². The van der Waals surface area contributed by atoms with Gasteiger partial charge in [-0.05, 0) is 69.8 Å². The summed E-state index contributed by atoms with van der Waals surface area (Å²) in [6.07, 6.45) is 3.94. The van der Waals surface area contributed by atoms with Crippen molar-refractivity contribution < 1.29 is 9.53 Å². The summed E-state index contributed by atoms with van der Waals surface area (Å²) in [5.41, 5.74) is 2.42. The number of hydrogen-bond donors (Lipinski definition) is 1. The summed E-state index contributed by atoms with van der Waals surface area (Å²) in [5.74, 6) is 0.545. The predicted octanol–water partition coefficient (Wildman–Crippen LogP) is 5.28. The second-order valence-corrected chi connectivity index (χ2v) is 8.61. The minimum atomic E-state index is -0.128. The Morgan fingerprint density at radius 3 is 2.63 bits per heavy atom. The lowest BCUT2D eigenvalue weighted by atomic mass is 10.1. The molecule has 1 fully saturated rings. The molecule has 5 heteroatoms. The highest BCUT2D eigenvalue weighted by Gasteiger charge is 2.11. The molecule has 0 unspecified atom stereocenters. The lowest BCUT2D eigenvalue weighted by Crippen LogP contribution is -2.29. The molecule has 0 atom stereocenters. The lowest BCUT2D eigenvalue weighted by Gasteiger charge is -2.26. The van der Waals surface area contributed by atoms with Crippen molar-refractivity contribution in [1.82, 2.24) is 10.2 Å². The van der Waals surface area contributed by atoms with Crippen molar-refractivity contribution in [1.29, 1.82) is 0 Å². The molecule has 0 bridgehead atoms. The number of halogens is 1. The molecule has 3 aromatic rings. The van der Waals surface area contributed by atoms with Crippen LogP contribution in [0.4, 0.5) is 0 Å². The normalized spacial score (nSPS) is 14.6. The van der Waals surface area contributed by atoms with E-state index in [-0.39, 0.29) is 12.5 Å². The molecule has 156 valence electrons. The third kappa shape index (κ3) is 5.41. The molecule has 1 aliphatic heterocycles. The van der Waals surface area contributed by atoms with Crippen LogP contribution >= 0.6 is 15.9 Å². The molecule has 0 radical (unpaired) electrons. The zero-order valence-electron chi connectivity index (χ0n) is 17.1. The Balaban J connectivity index is 1.29. The van der Waals surface area contributed by atoms with Gasteiger partial charge in [-0.2, -0.15) is 0 Å². The van der Waals surface area contributed by atoms with E-state index in [4.69, 9.17) is 4.74 Å². The molecular formula is C25H27BrN2O2. The van der Waals surface area contributed by atoms with Crippen molar-refractivity contribution in [3.63, 3.8) is 0 Å². The van der Waals surface area contributed by atoms with Gasteiger partial charge in [0.25, 0.3) is 5.91 Å². The van der Waals surface area contributed by atoms with Gasteiger partial charge in [0.05, 0.1) is 4.47 Å². The van der Waals surface area contributed by atoms with Crippen LogP contribution in [0.25, 0.3) is 10.8 Å². The number of amides is 1. The maximum Gasteiger partial charge on any atom is 0.258 e. The minimum Gasteiger partial charge on any atom is -0.483 e. The van der Waals surface area contributed by atoms with Crippen LogP contribution in [0.15, 0.2) is 65.1 Å². The highest BCUT2D eigenvalue weighted by molar-refractivity contribution is 9.10. The molecule has 0 aromatic heterocycles. The number of ether oxygens (including phenoxy) is 1. The van der Waals surface area contributed by atoms with Crippen LogP contribution in [0.2, 0.25) is 0 Å². The molecule has 0 spiro atoms. The smallest absolute Gasteiger partial charge is 0.258 e. The standard InChI is InChI=1S/C25H27BrN2O2/c26-25-22-10-3-2-9-21(22)11-12-23(25)30-18-24(29)27-16-19-7-6-8-20(15-19)17-28-13-4-1-5-14-28/h2-3,6-12,15H,1,4-5,13-14,16-18H2,(H,27,29). The molecule has 0 aliphatic carbocycles. The van der Waals surface area contributed by atoms with Gasteiger partial charge in [0, 0.05) is 13.1 Å². The maximum atomic E-state index is 12.3. The number of carbonyl (C=O) groups excluding carboxylic acids is 1.